The standard InChI is InChI=1S/C30H35ClN2O2/c1-4-32-30(35)28(20-24-9-6-5-7-10-24)33(21-25-11-8-12-27(31)19-25)29(34)18-15-23-13-16-26(17-14-23)22(2)3/h5-14,16-17,19,22,28H,4,15,18,20-21H2,1-3H3,(H,32,35)/t28-/m0/s1. The molecule has 0 saturated heterocycles. The van der Waals surface area contributed by atoms with E-state index in [-0.39, 0.29) is 11.8 Å². The lowest BCUT2D eigenvalue weighted by molar-refractivity contribution is -0.141. The van der Waals surface area contributed by atoms with E-state index in [1.165, 1.54) is 5.56 Å². The van der Waals surface area contributed by atoms with Gasteiger partial charge in [-0.2, -0.15) is 0 Å². The first kappa shape index (κ1) is 26.5. The molecule has 0 bridgehead atoms. The van der Waals surface area contributed by atoms with Gasteiger partial charge in [-0.25, -0.2) is 0 Å². The molecule has 4 nitrogen and oxygen atoms in total. The van der Waals surface area contributed by atoms with Crippen molar-refractivity contribution in [2.75, 3.05) is 6.54 Å². The van der Waals surface area contributed by atoms with Crippen molar-refractivity contribution in [3.63, 3.8) is 0 Å². The highest BCUT2D eigenvalue weighted by Crippen LogP contribution is 2.20. The molecule has 35 heavy (non-hydrogen) atoms. The molecular weight excluding hydrogens is 456 g/mol. The number of amides is 2. The van der Waals surface area contributed by atoms with Crippen LogP contribution in [0.2, 0.25) is 5.02 Å². The number of benzene rings is 3. The summed E-state index contributed by atoms with van der Waals surface area (Å²) in [6.07, 6.45) is 1.39. The van der Waals surface area contributed by atoms with Crippen molar-refractivity contribution in [3.8, 4) is 0 Å². The summed E-state index contributed by atoms with van der Waals surface area (Å²) in [5, 5.41) is 3.54. The third-order valence-electron chi connectivity index (χ3n) is 6.14. The molecule has 0 unspecified atom stereocenters. The fraction of sp³-hybridized carbons (Fsp3) is 0.333. The molecule has 0 radical (unpaired) electrons. The van der Waals surface area contributed by atoms with E-state index in [0.29, 0.717) is 43.3 Å². The first-order chi connectivity index (χ1) is 16.9. The molecule has 3 aromatic rings. The minimum Gasteiger partial charge on any atom is -0.355 e. The minimum atomic E-state index is -0.618. The van der Waals surface area contributed by atoms with E-state index in [9.17, 15) is 9.59 Å². The van der Waals surface area contributed by atoms with Crippen molar-refractivity contribution in [3.05, 3.63) is 106 Å². The first-order valence-electron chi connectivity index (χ1n) is 12.3. The normalized spacial score (nSPS) is 11.8. The van der Waals surface area contributed by atoms with E-state index in [4.69, 9.17) is 11.6 Å². The van der Waals surface area contributed by atoms with Crippen LogP contribution in [0.5, 0.6) is 0 Å². The summed E-state index contributed by atoms with van der Waals surface area (Å²) < 4.78 is 0. The van der Waals surface area contributed by atoms with Crippen molar-refractivity contribution < 1.29 is 9.59 Å². The number of rotatable bonds is 11. The SMILES string of the molecule is CCNC(=O)[C@H](Cc1ccccc1)N(Cc1cccc(Cl)c1)C(=O)CCc1ccc(C(C)C)cc1. The number of hydrogen-bond acceptors (Lipinski definition) is 2. The number of carbonyl (C=O) groups excluding carboxylic acids is 2. The maximum absolute atomic E-state index is 13.6. The van der Waals surface area contributed by atoms with Crippen molar-refractivity contribution in [2.24, 2.45) is 0 Å². The average molecular weight is 491 g/mol. The Kier molecular flexibility index (Phi) is 9.92. The van der Waals surface area contributed by atoms with Crippen LogP contribution in [-0.4, -0.2) is 29.3 Å². The van der Waals surface area contributed by atoms with Gasteiger partial charge in [0.1, 0.15) is 6.04 Å². The maximum atomic E-state index is 13.6. The molecule has 5 heteroatoms. The summed E-state index contributed by atoms with van der Waals surface area (Å²) in [5.41, 5.74) is 4.30. The molecule has 3 aromatic carbocycles. The number of likely N-dealkylation sites (N-methyl/N-ethyl adjacent to an activating group) is 1. The average Bonchev–Trinajstić information content (AvgIpc) is 2.85. The minimum absolute atomic E-state index is 0.0508. The second kappa shape index (κ2) is 13.1. The molecule has 3 rings (SSSR count). The molecular formula is C30H35ClN2O2. The van der Waals surface area contributed by atoms with Gasteiger partial charge in [0, 0.05) is 31.0 Å². The van der Waals surface area contributed by atoms with Gasteiger partial charge < -0.3 is 10.2 Å². The number of halogens is 1. The zero-order valence-corrected chi connectivity index (χ0v) is 21.6. The molecule has 0 aliphatic heterocycles. The lowest BCUT2D eigenvalue weighted by Gasteiger charge is -2.31. The van der Waals surface area contributed by atoms with Crippen molar-refractivity contribution in [1.29, 1.82) is 0 Å². The number of carbonyl (C=O) groups is 2. The second-order valence-corrected chi connectivity index (χ2v) is 9.58. The fourth-order valence-electron chi connectivity index (χ4n) is 4.14. The van der Waals surface area contributed by atoms with Crippen molar-refractivity contribution >= 4 is 23.4 Å². The Morgan fingerprint density at radius 2 is 1.57 bits per heavy atom. The quantitative estimate of drug-likeness (QED) is 0.349. The van der Waals surface area contributed by atoms with Gasteiger partial charge in [-0.05, 0) is 53.6 Å². The van der Waals surface area contributed by atoms with Gasteiger partial charge in [-0.1, -0.05) is 92.2 Å². The van der Waals surface area contributed by atoms with Gasteiger partial charge in [-0.3, -0.25) is 9.59 Å². The summed E-state index contributed by atoms with van der Waals surface area (Å²) in [6, 6.07) is 25.1. The lowest BCUT2D eigenvalue weighted by Crippen LogP contribution is -2.50. The lowest BCUT2D eigenvalue weighted by atomic mass is 9.99. The first-order valence-corrected chi connectivity index (χ1v) is 12.7. The molecule has 0 heterocycles. The number of hydrogen-bond donors (Lipinski definition) is 1. The molecule has 0 spiro atoms. The van der Waals surface area contributed by atoms with Crippen LogP contribution in [0.25, 0.3) is 0 Å². The van der Waals surface area contributed by atoms with E-state index in [1.54, 1.807) is 4.90 Å². The Morgan fingerprint density at radius 3 is 2.20 bits per heavy atom. The van der Waals surface area contributed by atoms with Crippen LogP contribution in [0, 0.1) is 0 Å². The van der Waals surface area contributed by atoms with Crippen LogP contribution in [-0.2, 0) is 29.0 Å². The monoisotopic (exact) mass is 490 g/mol. The van der Waals surface area contributed by atoms with E-state index in [0.717, 1.165) is 16.7 Å². The third kappa shape index (κ3) is 7.97. The summed E-state index contributed by atoms with van der Waals surface area (Å²) in [5.74, 6) is 0.271. The predicted octanol–water partition coefficient (Wildman–Crippen LogP) is 6.17. The maximum Gasteiger partial charge on any atom is 0.243 e. The Balaban J connectivity index is 1.86. The van der Waals surface area contributed by atoms with Gasteiger partial charge in [-0.15, -0.1) is 0 Å². The zero-order chi connectivity index (χ0) is 25.2. The molecule has 0 fully saturated rings. The molecule has 0 aliphatic carbocycles. The summed E-state index contributed by atoms with van der Waals surface area (Å²) >= 11 is 6.22. The molecule has 0 aromatic heterocycles. The van der Waals surface area contributed by atoms with Crippen molar-refractivity contribution in [1.82, 2.24) is 10.2 Å². The van der Waals surface area contributed by atoms with Crippen LogP contribution in [0.1, 0.15) is 55.4 Å². The van der Waals surface area contributed by atoms with E-state index < -0.39 is 6.04 Å². The number of nitrogens with zero attached hydrogens (tertiary/aromatic N) is 1. The Bertz CT molecular complexity index is 1100. The van der Waals surface area contributed by atoms with Crippen molar-refractivity contribution in [2.45, 2.75) is 58.5 Å². The predicted molar refractivity (Wildman–Crippen MR) is 143 cm³/mol. The van der Waals surface area contributed by atoms with E-state index >= 15 is 0 Å². The highest BCUT2D eigenvalue weighted by molar-refractivity contribution is 6.30. The highest BCUT2D eigenvalue weighted by Gasteiger charge is 2.30. The summed E-state index contributed by atoms with van der Waals surface area (Å²) in [7, 11) is 0. The molecule has 0 saturated carbocycles. The number of nitrogens with one attached hydrogen (secondary N) is 1. The molecule has 1 N–H and O–H groups in total. The van der Waals surface area contributed by atoms with Gasteiger partial charge in [0.2, 0.25) is 11.8 Å². The number of aryl methyl sites for hydroxylation is 1. The van der Waals surface area contributed by atoms with Crippen LogP contribution in [0.4, 0.5) is 0 Å². The third-order valence-corrected chi connectivity index (χ3v) is 6.37. The zero-order valence-electron chi connectivity index (χ0n) is 20.8. The van der Waals surface area contributed by atoms with Gasteiger partial charge in [0.15, 0.2) is 0 Å². The van der Waals surface area contributed by atoms with E-state index in [2.05, 4.69) is 43.4 Å². The molecule has 184 valence electrons. The molecule has 1 atom stereocenters. The summed E-state index contributed by atoms with van der Waals surface area (Å²) in [4.78, 5) is 28.5. The van der Waals surface area contributed by atoms with Gasteiger partial charge in [0.05, 0.1) is 0 Å². The van der Waals surface area contributed by atoms with Crippen LogP contribution in [0.3, 0.4) is 0 Å². The molecule has 0 aliphatic rings. The largest absolute Gasteiger partial charge is 0.355 e. The van der Waals surface area contributed by atoms with Gasteiger partial charge >= 0.3 is 0 Å². The van der Waals surface area contributed by atoms with Crippen LogP contribution >= 0.6 is 11.6 Å². The smallest absolute Gasteiger partial charge is 0.243 e. The topological polar surface area (TPSA) is 49.4 Å². The Morgan fingerprint density at radius 1 is 0.886 bits per heavy atom. The Labute approximate surface area is 214 Å². The highest BCUT2D eigenvalue weighted by atomic mass is 35.5. The van der Waals surface area contributed by atoms with Gasteiger partial charge in [0.25, 0.3) is 0 Å². The van der Waals surface area contributed by atoms with Crippen LogP contribution in [0.15, 0.2) is 78.9 Å². The van der Waals surface area contributed by atoms with Crippen LogP contribution < -0.4 is 5.32 Å². The Hall–Kier alpha value is -3.11. The summed E-state index contributed by atoms with van der Waals surface area (Å²) in [6.45, 7) is 7.05. The fourth-order valence-corrected chi connectivity index (χ4v) is 4.35. The molecule has 2 amide bonds. The second-order valence-electron chi connectivity index (χ2n) is 9.15. The van der Waals surface area contributed by atoms with E-state index in [1.807, 2.05) is 61.5 Å².